The highest BCUT2D eigenvalue weighted by molar-refractivity contribution is 5.99. The number of amidine groups is 1. The highest BCUT2D eigenvalue weighted by atomic mass is 16.5. The summed E-state index contributed by atoms with van der Waals surface area (Å²) in [6, 6.07) is 10.1. The summed E-state index contributed by atoms with van der Waals surface area (Å²) < 4.78 is 5.78. The number of rotatable bonds is 3. The van der Waals surface area contributed by atoms with E-state index in [4.69, 9.17) is 9.94 Å². The highest BCUT2D eigenvalue weighted by Crippen LogP contribution is 2.24. The van der Waals surface area contributed by atoms with Crippen LogP contribution >= 0.6 is 0 Å². The Labute approximate surface area is 129 Å². The fourth-order valence-corrected chi connectivity index (χ4v) is 2.50. The molecule has 2 heterocycles. The molecule has 1 fully saturated rings. The molecular weight excluding hydrogens is 278 g/mol. The maximum atomic E-state index is 9.16. The van der Waals surface area contributed by atoms with E-state index < -0.39 is 0 Å². The van der Waals surface area contributed by atoms with E-state index in [0.717, 1.165) is 29.0 Å². The summed E-state index contributed by atoms with van der Waals surface area (Å²) in [6.45, 7) is 7.05. The Morgan fingerprint density at radius 2 is 1.95 bits per heavy atom. The number of benzene rings is 1. The van der Waals surface area contributed by atoms with Crippen molar-refractivity contribution >= 4 is 5.84 Å². The summed E-state index contributed by atoms with van der Waals surface area (Å²) in [5.74, 6) is 1.84. The van der Waals surface area contributed by atoms with Crippen molar-refractivity contribution in [2.75, 3.05) is 6.54 Å². The molecule has 0 amide bonds. The normalized spacial score (nSPS) is 17.5. The number of hydrogen-bond donors (Lipinski definition) is 1. The van der Waals surface area contributed by atoms with Gasteiger partial charge in [-0.05, 0) is 50.1 Å². The highest BCUT2D eigenvalue weighted by Gasteiger charge is 2.33. The summed E-state index contributed by atoms with van der Waals surface area (Å²) in [7, 11) is 0. The second kappa shape index (κ2) is 5.67. The lowest BCUT2D eigenvalue weighted by atomic mass is 10.1. The molecule has 1 saturated heterocycles. The molecule has 1 aliphatic rings. The molecule has 0 spiro atoms. The van der Waals surface area contributed by atoms with Gasteiger partial charge in [0.05, 0.1) is 0 Å². The first-order valence-electron chi connectivity index (χ1n) is 7.28. The molecule has 5 heteroatoms. The molecule has 1 aromatic carbocycles. The van der Waals surface area contributed by atoms with Gasteiger partial charge in [0, 0.05) is 30.4 Å². The van der Waals surface area contributed by atoms with E-state index in [1.54, 1.807) is 12.3 Å². The molecule has 1 atom stereocenters. The second-order valence-electron chi connectivity index (χ2n) is 5.74. The number of hydrogen-bond acceptors (Lipinski definition) is 4. The van der Waals surface area contributed by atoms with Gasteiger partial charge < -0.3 is 14.8 Å². The first-order chi connectivity index (χ1) is 10.6. The van der Waals surface area contributed by atoms with Crippen molar-refractivity contribution < 1.29 is 9.94 Å². The summed E-state index contributed by atoms with van der Waals surface area (Å²) in [4.78, 5) is 6.30. The molecule has 0 radical (unpaired) electrons. The van der Waals surface area contributed by atoms with Gasteiger partial charge in [-0.1, -0.05) is 11.2 Å². The van der Waals surface area contributed by atoms with Gasteiger partial charge in [0.2, 0.25) is 5.88 Å². The van der Waals surface area contributed by atoms with Crippen molar-refractivity contribution in [1.29, 1.82) is 0 Å². The molecule has 1 unspecified atom stereocenters. The van der Waals surface area contributed by atoms with Crippen LogP contribution in [0.4, 0.5) is 0 Å². The Balaban J connectivity index is 1.76. The van der Waals surface area contributed by atoms with Crippen molar-refractivity contribution in [2.24, 2.45) is 5.16 Å². The monoisotopic (exact) mass is 297 g/mol. The van der Waals surface area contributed by atoms with Gasteiger partial charge in [-0.3, -0.25) is 0 Å². The quantitative estimate of drug-likeness (QED) is 0.310. The average Bonchev–Trinajstić information content (AvgIpc) is 3.17. The molecule has 114 valence electrons. The van der Waals surface area contributed by atoms with Crippen molar-refractivity contribution in [3.63, 3.8) is 0 Å². The summed E-state index contributed by atoms with van der Waals surface area (Å²) in [5, 5.41) is 12.5. The third-order valence-corrected chi connectivity index (χ3v) is 3.64. The third kappa shape index (κ3) is 3.03. The predicted octanol–water partition coefficient (Wildman–Crippen LogP) is 3.33. The van der Waals surface area contributed by atoms with E-state index in [1.807, 2.05) is 36.9 Å². The number of ether oxygens (including phenoxy) is 1. The molecule has 3 rings (SSSR count). The van der Waals surface area contributed by atoms with E-state index >= 15 is 0 Å². The number of pyridine rings is 1. The van der Waals surface area contributed by atoms with E-state index in [9.17, 15) is 0 Å². The van der Waals surface area contributed by atoms with E-state index in [0.29, 0.717) is 17.8 Å². The number of aryl methyl sites for hydroxylation is 2. The Morgan fingerprint density at radius 3 is 2.45 bits per heavy atom. The molecule has 2 aromatic rings. The van der Waals surface area contributed by atoms with Crippen LogP contribution in [0.2, 0.25) is 0 Å². The van der Waals surface area contributed by atoms with Gasteiger partial charge in [-0.15, -0.1) is 0 Å². The van der Waals surface area contributed by atoms with E-state index in [2.05, 4.69) is 23.1 Å². The zero-order valence-corrected chi connectivity index (χ0v) is 12.9. The Kier molecular flexibility index (Phi) is 3.71. The third-order valence-electron chi connectivity index (χ3n) is 3.64. The minimum Gasteiger partial charge on any atom is -0.439 e. The first-order valence-corrected chi connectivity index (χ1v) is 7.28. The van der Waals surface area contributed by atoms with Crippen molar-refractivity contribution in [2.45, 2.75) is 26.8 Å². The maximum Gasteiger partial charge on any atom is 0.219 e. The lowest BCUT2D eigenvalue weighted by Gasteiger charge is -2.09. The number of oxime groups is 1. The number of aromatic nitrogens is 1. The molecule has 0 saturated carbocycles. The summed E-state index contributed by atoms with van der Waals surface area (Å²) >= 11 is 0. The fraction of sp³-hybridized carbons (Fsp3) is 0.294. The van der Waals surface area contributed by atoms with Gasteiger partial charge in [0.15, 0.2) is 5.84 Å². The molecule has 1 N–H and O–H groups in total. The molecule has 22 heavy (non-hydrogen) atoms. The molecule has 5 nitrogen and oxygen atoms in total. The van der Waals surface area contributed by atoms with Gasteiger partial charge in [0.1, 0.15) is 5.75 Å². The van der Waals surface area contributed by atoms with Crippen molar-refractivity contribution in [3.8, 4) is 11.6 Å². The summed E-state index contributed by atoms with van der Waals surface area (Å²) in [5.41, 5.74) is 3.08. The van der Waals surface area contributed by atoms with E-state index in [1.165, 1.54) is 0 Å². The van der Waals surface area contributed by atoms with Crippen LogP contribution in [0.3, 0.4) is 0 Å². The van der Waals surface area contributed by atoms with Crippen LogP contribution in [0.5, 0.6) is 11.6 Å². The topological polar surface area (TPSA) is 57.7 Å². The van der Waals surface area contributed by atoms with Gasteiger partial charge in [0.25, 0.3) is 0 Å². The lowest BCUT2D eigenvalue weighted by Crippen LogP contribution is -2.14. The molecular formula is C17H19N3O2. The SMILES string of the molecule is Cc1cc(C)cc(Oc2ccc(/C(=N/O)N3CC3C)cn2)c1. The second-order valence-corrected chi connectivity index (χ2v) is 5.74. The minimum absolute atomic E-state index is 0.414. The predicted molar refractivity (Wildman–Crippen MR) is 84.7 cm³/mol. The zero-order chi connectivity index (χ0) is 15.7. The van der Waals surface area contributed by atoms with Crippen LogP contribution in [-0.4, -0.2) is 33.5 Å². The van der Waals surface area contributed by atoms with Gasteiger partial charge in [-0.2, -0.15) is 0 Å². The van der Waals surface area contributed by atoms with Crippen LogP contribution in [-0.2, 0) is 0 Å². The lowest BCUT2D eigenvalue weighted by molar-refractivity contribution is 0.313. The first kappa shape index (κ1) is 14.4. The molecule has 0 bridgehead atoms. The Hall–Kier alpha value is -2.56. The van der Waals surface area contributed by atoms with Crippen LogP contribution in [0.25, 0.3) is 0 Å². The number of nitrogens with zero attached hydrogens (tertiary/aromatic N) is 3. The van der Waals surface area contributed by atoms with Crippen LogP contribution < -0.4 is 4.74 Å². The Bertz CT molecular complexity index is 690. The minimum atomic E-state index is 0.414. The molecule has 0 aliphatic carbocycles. The van der Waals surface area contributed by atoms with E-state index in [-0.39, 0.29) is 0 Å². The maximum absolute atomic E-state index is 9.16. The van der Waals surface area contributed by atoms with Gasteiger partial charge in [-0.25, -0.2) is 4.98 Å². The molecule has 1 aliphatic heterocycles. The molecule has 1 aromatic heterocycles. The van der Waals surface area contributed by atoms with Crippen LogP contribution in [0, 0.1) is 13.8 Å². The van der Waals surface area contributed by atoms with Crippen molar-refractivity contribution in [3.05, 3.63) is 53.2 Å². The van der Waals surface area contributed by atoms with Crippen LogP contribution in [0.1, 0.15) is 23.6 Å². The van der Waals surface area contributed by atoms with Crippen molar-refractivity contribution in [1.82, 2.24) is 9.88 Å². The standard InChI is InChI=1S/C17H19N3O2/c1-11-6-12(2)8-15(7-11)22-16-5-4-14(9-18-16)17(19-21)20-10-13(20)3/h4-9,13,21H,10H2,1-3H3/b19-17-. The summed E-state index contributed by atoms with van der Waals surface area (Å²) in [6.07, 6.45) is 1.66. The fourth-order valence-electron chi connectivity index (χ4n) is 2.50. The zero-order valence-electron chi connectivity index (χ0n) is 12.9. The Morgan fingerprint density at radius 1 is 1.27 bits per heavy atom. The van der Waals surface area contributed by atoms with Crippen LogP contribution in [0.15, 0.2) is 41.7 Å². The average molecular weight is 297 g/mol. The van der Waals surface area contributed by atoms with Gasteiger partial charge >= 0.3 is 0 Å². The largest absolute Gasteiger partial charge is 0.439 e. The smallest absolute Gasteiger partial charge is 0.219 e.